The second kappa shape index (κ2) is 9.20. The van der Waals surface area contributed by atoms with Crippen LogP contribution in [0.5, 0.6) is 0 Å². The predicted octanol–water partition coefficient (Wildman–Crippen LogP) is 7.44. The van der Waals surface area contributed by atoms with Crippen molar-refractivity contribution in [2.24, 2.45) is 22.1 Å². The zero-order chi connectivity index (χ0) is 21.9. The van der Waals surface area contributed by atoms with Crippen molar-refractivity contribution >= 4 is 17.1 Å². The van der Waals surface area contributed by atoms with E-state index in [4.69, 9.17) is 10.7 Å². The van der Waals surface area contributed by atoms with Crippen molar-refractivity contribution in [2.75, 3.05) is 0 Å². The molecule has 2 nitrogen and oxygen atoms in total. The molecule has 1 unspecified atom stereocenters. The Balaban J connectivity index is 2.03. The molecule has 0 fully saturated rings. The van der Waals surface area contributed by atoms with Gasteiger partial charge in [-0.15, -0.1) is 0 Å². The molecule has 0 aromatic heterocycles. The lowest BCUT2D eigenvalue weighted by Crippen LogP contribution is -2.20. The highest BCUT2D eigenvalue weighted by atomic mass is 14.9. The Labute approximate surface area is 183 Å². The summed E-state index contributed by atoms with van der Waals surface area (Å²) in [5.74, 6) is 1.38. The first-order valence-electron chi connectivity index (χ1n) is 11.5. The minimum absolute atomic E-state index is 0.185. The van der Waals surface area contributed by atoms with E-state index in [-0.39, 0.29) is 5.92 Å². The van der Waals surface area contributed by atoms with Crippen LogP contribution < -0.4 is 5.73 Å². The van der Waals surface area contributed by atoms with Crippen LogP contribution in [0.25, 0.3) is 11.3 Å². The molecule has 1 heterocycles. The lowest BCUT2D eigenvalue weighted by atomic mass is 9.85. The third-order valence-electron chi connectivity index (χ3n) is 6.08. The van der Waals surface area contributed by atoms with Gasteiger partial charge in [0.15, 0.2) is 0 Å². The van der Waals surface area contributed by atoms with E-state index in [2.05, 4.69) is 90.1 Å². The Bertz CT molecular complexity index is 941. The molecule has 1 aliphatic rings. The quantitative estimate of drug-likeness (QED) is 0.513. The van der Waals surface area contributed by atoms with E-state index >= 15 is 0 Å². The third-order valence-corrected chi connectivity index (χ3v) is 6.08. The van der Waals surface area contributed by atoms with Crippen LogP contribution in [-0.4, -0.2) is 5.84 Å². The molecule has 160 valence electrons. The van der Waals surface area contributed by atoms with Crippen LogP contribution in [0.4, 0.5) is 0 Å². The van der Waals surface area contributed by atoms with Crippen LogP contribution in [0.1, 0.15) is 89.0 Å². The number of amidine groups is 1. The van der Waals surface area contributed by atoms with Crippen molar-refractivity contribution in [3.05, 3.63) is 70.8 Å². The summed E-state index contributed by atoms with van der Waals surface area (Å²) in [5.41, 5.74) is 14.4. The average Bonchev–Trinajstić information content (AvgIpc) is 3.03. The molecule has 3 rings (SSSR count). The fourth-order valence-corrected chi connectivity index (χ4v) is 4.47. The number of benzene rings is 2. The zero-order valence-electron chi connectivity index (χ0n) is 19.6. The second-order valence-corrected chi connectivity index (χ2v) is 10.1. The largest absolute Gasteiger partial charge is 0.387 e. The summed E-state index contributed by atoms with van der Waals surface area (Å²) in [6.07, 6.45) is 4.53. The molecular formula is C28H38N2. The first-order valence-corrected chi connectivity index (χ1v) is 11.5. The Morgan fingerprint density at radius 2 is 1.77 bits per heavy atom. The van der Waals surface area contributed by atoms with Gasteiger partial charge >= 0.3 is 0 Å². The van der Waals surface area contributed by atoms with E-state index in [0.29, 0.717) is 11.3 Å². The van der Waals surface area contributed by atoms with Gasteiger partial charge in [0.05, 0.1) is 5.70 Å². The maximum atomic E-state index is 6.45. The first kappa shape index (κ1) is 22.3. The van der Waals surface area contributed by atoms with Crippen molar-refractivity contribution in [3.8, 4) is 0 Å². The molecule has 0 saturated carbocycles. The SMILES string of the molecule is CCC1C(N)=NC(c2ccccc2C(C)C)=C1c1cccc(CCCC(C)(C)C)c1. The minimum Gasteiger partial charge on any atom is -0.387 e. The molecule has 0 amide bonds. The first-order chi connectivity index (χ1) is 14.2. The number of aryl methyl sites for hydroxylation is 1. The van der Waals surface area contributed by atoms with E-state index in [0.717, 1.165) is 24.4 Å². The van der Waals surface area contributed by atoms with E-state index < -0.39 is 0 Å². The van der Waals surface area contributed by atoms with Gasteiger partial charge in [0.25, 0.3) is 0 Å². The summed E-state index contributed by atoms with van der Waals surface area (Å²) in [6, 6.07) is 17.7. The number of rotatable bonds is 7. The summed E-state index contributed by atoms with van der Waals surface area (Å²) >= 11 is 0. The maximum absolute atomic E-state index is 6.45. The van der Waals surface area contributed by atoms with E-state index in [1.807, 2.05) is 0 Å². The van der Waals surface area contributed by atoms with Gasteiger partial charge in [-0.2, -0.15) is 0 Å². The average molecular weight is 403 g/mol. The van der Waals surface area contributed by atoms with Crippen molar-refractivity contribution in [1.82, 2.24) is 0 Å². The number of hydrogen-bond acceptors (Lipinski definition) is 2. The lowest BCUT2D eigenvalue weighted by Gasteiger charge is -2.19. The molecule has 30 heavy (non-hydrogen) atoms. The van der Waals surface area contributed by atoms with Gasteiger partial charge in [-0.3, -0.25) is 0 Å². The number of aliphatic imine (C=N–C) groups is 1. The molecule has 2 N–H and O–H groups in total. The third kappa shape index (κ3) is 5.03. The molecule has 0 spiro atoms. The van der Waals surface area contributed by atoms with Gasteiger partial charge in [0, 0.05) is 11.5 Å². The summed E-state index contributed by atoms with van der Waals surface area (Å²) in [6.45, 7) is 13.6. The van der Waals surface area contributed by atoms with Gasteiger partial charge in [-0.1, -0.05) is 90.1 Å². The van der Waals surface area contributed by atoms with Gasteiger partial charge in [0.2, 0.25) is 0 Å². The predicted molar refractivity (Wildman–Crippen MR) is 132 cm³/mol. The van der Waals surface area contributed by atoms with Crippen molar-refractivity contribution < 1.29 is 0 Å². The van der Waals surface area contributed by atoms with Crippen LogP contribution in [0.15, 0.2) is 53.5 Å². The standard InChI is InChI=1S/C28H38N2/c1-7-22-25(21-14-10-12-20(18-21)13-11-17-28(4,5)6)26(30-27(22)29)24-16-9-8-15-23(24)19(2)3/h8-10,12,14-16,18-19,22H,7,11,13,17H2,1-6H3,(H2,29,30). The highest BCUT2D eigenvalue weighted by Crippen LogP contribution is 2.42. The Hall–Kier alpha value is -2.35. The molecule has 2 heteroatoms. The normalized spacial score (nSPS) is 17.0. The van der Waals surface area contributed by atoms with E-state index in [1.54, 1.807) is 0 Å². The Kier molecular flexibility index (Phi) is 6.85. The molecule has 2 aromatic carbocycles. The van der Waals surface area contributed by atoms with Crippen molar-refractivity contribution in [2.45, 2.75) is 73.1 Å². The molecule has 0 saturated heterocycles. The molecule has 2 aromatic rings. The van der Waals surface area contributed by atoms with Gasteiger partial charge < -0.3 is 5.73 Å². The lowest BCUT2D eigenvalue weighted by molar-refractivity contribution is 0.365. The van der Waals surface area contributed by atoms with Crippen LogP contribution >= 0.6 is 0 Å². The molecule has 1 aliphatic heterocycles. The van der Waals surface area contributed by atoms with Crippen molar-refractivity contribution in [3.63, 3.8) is 0 Å². The highest BCUT2D eigenvalue weighted by molar-refractivity contribution is 6.11. The summed E-state index contributed by atoms with van der Waals surface area (Å²) in [5, 5.41) is 0. The minimum atomic E-state index is 0.185. The highest BCUT2D eigenvalue weighted by Gasteiger charge is 2.30. The summed E-state index contributed by atoms with van der Waals surface area (Å²) < 4.78 is 0. The van der Waals surface area contributed by atoms with Gasteiger partial charge in [-0.25, -0.2) is 4.99 Å². The maximum Gasteiger partial charge on any atom is 0.107 e. The number of hydrogen-bond donors (Lipinski definition) is 1. The molecular weight excluding hydrogens is 364 g/mol. The van der Waals surface area contributed by atoms with E-state index in [1.165, 1.54) is 40.7 Å². The summed E-state index contributed by atoms with van der Waals surface area (Å²) in [7, 11) is 0. The topological polar surface area (TPSA) is 38.4 Å². The van der Waals surface area contributed by atoms with E-state index in [9.17, 15) is 0 Å². The second-order valence-electron chi connectivity index (χ2n) is 10.1. The molecule has 0 radical (unpaired) electrons. The molecule has 0 bridgehead atoms. The fraction of sp³-hybridized carbons (Fsp3) is 0.464. The van der Waals surface area contributed by atoms with Gasteiger partial charge in [0.1, 0.15) is 5.84 Å². The van der Waals surface area contributed by atoms with Crippen LogP contribution in [0.2, 0.25) is 0 Å². The number of nitrogens with zero attached hydrogens (tertiary/aromatic N) is 1. The Morgan fingerprint density at radius 3 is 2.43 bits per heavy atom. The van der Waals surface area contributed by atoms with Crippen LogP contribution in [0, 0.1) is 11.3 Å². The molecule has 0 aliphatic carbocycles. The summed E-state index contributed by atoms with van der Waals surface area (Å²) in [4.78, 5) is 4.91. The number of nitrogens with two attached hydrogens (primary N) is 1. The smallest absolute Gasteiger partial charge is 0.107 e. The van der Waals surface area contributed by atoms with Gasteiger partial charge in [-0.05, 0) is 59.3 Å². The monoisotopic (exact) mass is 402 g/mol. The Morgan fingerprint density at radius 1 is 1.03 bits per heavy atom. The fourth-order valence-electron chi connectivity index (χ4n) is 4.47. The molecule has 1 atom stereocenters. The van der Waals surface area contributed by atoms with Crippen molar-refractivity contribution in [1.29, 1.82) is 0 Å². The van der Waals surface area contributed by atoms with Crippen LogP contribution in [-0.2, 0) is 6.42 Å². The zero-order valence-corrected chi connectivity index (χ0v) is 19.6. The van der Waals surface area contributed by atoms with Crippen LogP contribution in [0.3, 0.4) is 0 Å².